The molecule has 0 amide bonds. The summed E-state index contributed by atoms with van der Waals surface area (Å²) in [7, 11) is 0. The van der Waals surface area contributed by atoms with Gasteiger partial charge in [-0.25, -0.2) is 4.98 Å². The molecule has 0 atom stereocenters. The summed E-state index contributed by atoms with van der Waals surface area (Å²) in [6, 6.07) is 23.4. The zero-order valence-corrected chi connectivity index (χ0v) is 18.0. The number of rotatable bonds is 5. The Morgan fingerprint density at radius 1 is 0.871 bits per heavy atom. The van der Waals surface area contributed by atoms with Crippen LogP contribution in [0.25, 0.3) is 16.9 Å². The summed E-state index contributed by atoms with van der Waals surface area (Å²) in [4.78, 5) is 9.97. The summed E-state index contributed by atoms with van der Waals surface area (Å²) in [5, 5.41) is 0. The molecule has 5 heteroatoms. The van der Waals surface area contributed by atoms with Gasteiger partial charge in [-0.3, -0.25) is 4.90 Å². The molecule has 2 aromatic carbocycles. The molecule has 31 heavy (non-hydrogen) atoms. The minimum atomic E-state index is 0.757. The van der Waals surface area contributed by atoms with Gasteiger partial charge in [0, 0.05) is 55.9 Å². The summed E-state index contributed by atoms with van der Waals surface area (Å²) >= 11 is 0. The highest BCUT2D eigenvalue weighted by Gasteiger charge is 2.21. The molecule has 5 nitrogen and oxygen atoms in total. The Morgan fingerprint density at radius 2 is 1.61 bits per heavy atom. The SMILES string of the molecule is CCc1ccc(-c2nc3ccc(N)cn3c2CN2CCN(c3ccccc3)CC2)cc1. The average Bonchev–Trinajstić information content (AvgIpc) is 3.17. The standard InChI is InChI=1S/C26H29N5/c1-2-20-8-10-21(11-9-20)26-24(31-18-22(27)12-13-25(31)28-26)19-29-14-16-30(17-15-29)23-6-4-3-5-7-23/h3-13,18H,2,14-17,19,27H2,1H3. The lowest BCUT2D eigenvalue weighted by Crippen LogP contribution is -2.46. The van der Waals surface area contributed by atoms with Crippen LogP contribution in [0.4, 0.5) is 11.4 Å². The van der Waals surface area contributed by atoms with Gasteiger partial charge in [0.25, 0.3) is 0 Å². The Kier molecular flexibility index (Phi) is 5.35. The Bertz CT molecular complexity index is 1160. The number of fused-ring (bicyclic) bond motifs is 1. The van der Waals surface area contributed by atoms with Crippen molar-refractivity contribution >= 4 is 17.0 Å². The van der Waals surface area contributed by atoms with Crippen molar-refractivity contribution in [3.63, 3.8) is 0 Å². The van der Waals surface area contributed by atoms with Crippen molar-refractivity contribution in [2.24, 2.45) is 0 Å². The number of piperazine rings is 1. The van der Waals surface area contributed by atoms with Crippen molar-refractivity contribution in [2.75, 3.05) is 36.8 Å². The van der Waals surface area contributed by atoms with Crippen molar-refractivity contribution < 1.29 is 0 Å². The number of nitrogens with zero attached hydrogens (tertiary/aromatic N) is 4. The van der Waals surface area contributed by atoms with Crippen molar-refractivity contribution in [1.29, 1.82) is 0 Å². The third kappa shape index (κ3) is 4.01. The third-order valence-corrected chi connectivity index (χ3v) is 6.24. The lowest BCUT2D eigenvalue weighted by atomic mass is 10.1. The molecule has 0 unspecified atom stereocenters. The molecule has 0 spiro atoms. The predicted molar refractivity (Wildman–Crippen MR) is 128 cm³/mol. The molecule has 3 heterocycles. The van der Waals surface area contributed by atoms with Crippen LogP contribution in [0.2, 0.25) is 0 Å². The van der Waals surface area contributed by atoms with E-state index >= 15 is 0 Å². The Hall–Kier alpha value is -3.31. The minimum Gasteiger partial charge on any atom is -0.398 e. The molecule has 1 fully saturated rings. The number of nitrogen functional groups attached to an aromatic ring is 1. The van der Waals surface area contributed by atoms with Crippen LogP contribution in [-0.4, -0.2) is 40.5 Å². The monoisotopic (exact) mass is 411 g/mol. The van der Waals surface area contributed by atoms with Crippen LogP contribution in [0.5, 0.6) is 0 Å². The van der Waals surface area contributed by atoms with Crippen LogP contribution in [0.3, 0.4) is 0 Å². The fourth-order valence-corrected chi connectivity index (χ4v) is 4.41. The smallest absolute Gasteiger partial charge is 0.137 e. The molecule has 2 aromatic heterocycles. The van der Waals surface area contributed by atoms with E-state index in [-0.39, 0.29) is 0 Å². The number of hydrogen-bond donors (Lipinski definition) is 1. The zero-order valence-electron chi connectivity index (χ0n) is 18.0. The van der Waals surface area contributed by atoms with Crippen molar-refractivity contribution in [1.82, 2.24) is 14.3 Å². The number of pyridine rings is 1. The van der Waals surface area contributed by atoms with Crippen molar-refractivity contribution in [2.45, 2.75) is 19.9 Å². The normalized spacial score (nSPS) is 14.9. The van der Waals surface area contributed by atoms with Crippen molar-refractivity contribution in [3.8, 4) is 11.3 Å². The lowest BCUT2D eigenvalue weighted by Gasteiger charge is -2.36. The third-order valence-electron chi connectivity index (χ3n) is 6.24. The number of aryl methyl sites for hydroxylation is 1. The van der Waals surface area contributed by atoms with Gasteiger partial charge in [-0.05, 0) is 36.2 Å². The predicted octanol–water partition coefficient (Wildman–Crippen LogP) is 4.47. The maximum atomic E-state index is 6.13. The van der Waals surface area contributed by atoms with Crippen molar-refractivity contribution in [3.05, 3.63) is 84.2 Å². The van der Waals surface area contributed by atoms with E-state index in [1.165, 1.54) is 16.9 Å². The number of para-hydroxylation sites is 1. The highest BCUT2D eigenvalue weighted by molar-refractivity contribution is 5.67. The number of anilines is 2. The van der Waals surface area contributed by atoms with E-state index < -0.39 is 0 Å². The van der Waals surface area contributed by atoms with Gasteiger partial charge in [-0.15, -0.1) is 0 Å². The Balaban J connectivity index is 1.42. The summed E-state index contributed by atoms with van der Waals surface area (Å²) in [6.07, 6.45) is 3.04. The zero-order chi connectivity index (χ0) is 21.2. The first-order chi connectivity index (χ1) is 15.2. The summed E-state index contributed by atoms with van der Waals surface area (Å²) < 4.78 is 2.17. The average molecular weight is 412 g/mol. The maximum absolute atomic E-state index is 6.13. The van der Waals surface area contributed by atoms with E-state index in [2.05, 4.69) is 75.7 Å². The maximum Gasteiger partial charge on any atom is 0.137 e. The molecule has 0 radical (unpaired) electrons. The number of nitrogens with two attached hydrogens (primary N) is 1. The molecule has 0 bridgehead atoms. The lowest BCUT2D eigenvalue weighted by molar-refractivity contribution is 0.247. The number of imidazole rings is 1. The number of aromatic nitrogens is 2. The molecule has 2 N–H and O–H groups in total. The van der Waals surface area contributed by atoms with Crippen LogP contribution >= 0.6 is 0 Å². The summed E-state index contributed by atoms with van der Waals surface area (Å²) in [5.74, 6) is 0. The second-order valence-corrected chi connectivity index (χ2v) is 8.25. The molecule has 4 aromatic rings. The highest BCUT2D eigenvalue weighted by Crippen LogP contribution is 2.28. The van der Waals surface area contributed by atoms with E-state index in [4.69, 9.17) is 10.7 Å². The van der Waals surface area contributed by atoms with E-state index in [1.807, 2.05) is 18.3 Å². The van der Waals surface area contributed by atoms with Gasteiger partial charge < -0.3 is 15.0 Å². The first-order valence-electron chi connectivity index (χ1n) is 11.1. The van der Waals surface area contributed by atoms with Gasteiger partial charge >= 0.3 is 0 Å². The molecule has 1 aliphatic heterocycles. The van der Waals surface area contributed by atoms with Gasteiger partial charge in [0.05, 0.1) is 11.4 Å². The minimum absolute atomic E-state index is 0.757. The van der Waals surface area contributed by atoms with Gasteiger partial charge in [0.2, 0.25) is 0 Å². The van der Waals surface area contributed by atoms with Gasteiger partial charge in [0.15, 0.2) is 0 Å². The van der Waals surface area contributed by atoms with Crippen LogP contribution in [0.15, 0.2) is 72.9 Å². The first-order valence-corrected chi connectivity index (χ1v) is 11.1. The summed E-state index contributed by atoms with van der Waals surface area (Å²) in [5.41, 5.74) is 13.9. The van der Waals surface area contributed by atoms with Crippen LogP contribution in [-0.2, 0) is 13.0 Å². The van der Waals surface area contributed by atoms with Gasteiger partial charge in [-0.2, -0.15) is 0 Å². The Morgan fingerprint density at radius 3 is 2.32 bits per heavy atom. The molecule has 0 saturated carbocycles. The second-order valence-electron chi connectivity index (χ2n) is 8.25. The van der Waals surface area contributed by atoms with E-state index in [1.54, 1.807) is 0 Å². The molecule has 5 rings (SSSR count). The highest BCUT2D eigenvalue weighted by atomic mass is 15.3. The molecule has 1 saturated heterocycles. The van der Waals surface area contributed by atoms with Crippen LogP contribution < -0.4 is 10.6 Å². The van der Waals surface area contributed by atoms with E-state index in [0.717, 1.165) is 61.7 Å². The molecule has 1 aliphatic rings. The van der Waals surface area contributed by atoms with Crippen LogP contribution in [0.1, 0.15) is 18.2 Å². The summed E-state index contributed by atoms with van der Waals surface area (Å²) in [6.45, 7) is 7.16. The molecular formula is C26H29N5. The van der Waals surface area contributed by atoms with Gasteiger partial charge in [0.1, 0.15) is 5.65 Å². The van der Waals surface area contributed by atoms with E-state index in [0.29, 0.717) is 0 Å². The quantitative estimate of drug-likeness (QED) is 0.526. The molecule has 158 valence electrons. The first kappa shape index (κ1) is 19.6. The van der Waals surface area contributed by atoms with Gasteiger partial charge in [-0.1, -0.05) is 49.4 Å². The second kappa shape index (κ2) is 8.44. The fourth-order valence-electron chi connectivity index (χ4n) is 4.41. The largest absolute Gasteiger partial charge is 0.398 e. The molecular weight excluding hydrogens is 382 g/mol. The molecule has 0 aliphatic carbocycles. The number of benzene rings is 2. The van der Waals surface area contributed by atoms with Crippen LogP contribution in [0, 0.1) is 0 Å². The topological polar surface area (TPSA) is 49.8 Å². The number of hydrogen-bond acceptors (Lipinski definition) is 4. The fraction of sp³-hybridized carbons (Fsp3) is 0.269. The Labute approximate surface area is 183 Å². The van der Waals surface area contributed by atoms with E-state index in [9.17, 15) is 0 Å².